The van der Waals surface area contributed by atoms with Crippen molar-refractivity contribution in [2.75, 3.05) is 13.6 Å². The number of amides is 1. The molecule has 0 aliphatic heterocycles. The Hall–Kier alpha value is -3.43. The summed E-state index contributed by atoms with van der Waals surface area (Å²) in [4.78, 5) is 24.5. The van der Waals surface area contributed by atoms with E-state index >= 15 is 0 Å². The minimum absolute atomic E-state index is 0.0836. The molecule has 1 heterocycles. The molecule has 1 aromatic heterocycles. The smallest absolute Gasteiger partial charge is 0.251 e. The predicted octanol–water partition coefficient (Wildman–Crippen LogP) is 0.753. The van der Waals surface area contributed by atoms with E-state index in [1.807, 2.05) is 31.2 Å². The molecule has 3 aromatic rings. The fourth-order valence-corrected chi connectivity index (χ4v) is 4.38. The van der Waals surface area contributed by atoms with Gasteiger partial charge in [-0.1, -0.05) is 23.4 Å². The zero-order valence-electron chi connectivity index (χ0n) is 16.8. The largest absolute Gasteiger partial charge is 0.355 e. The zero-order chi connectivity index (χ0) is 21.5. The SMILES string of the molecule is CNC(=O)c1ccc2c(c1)-c1cc(C(=O)CN)ccc1C2(C[C@H](C)N)c1nn[nH]n1. The van der Waals surface area contributed by atoms with Crippen molar-refractivity contribution >= 4 is 11.7 Å². The molecule has 9 nitrogen and oxygen atoms in total. The van der Waals surface area contributed by atoms with E-state index in [1.54, 1.807) is 19.2 Å². The molecule has 2 atom stereocenters. The summed E-state index contributed by atoms with van der Waals surface area (Å²) in [5.74, 6) is 0.134. The van der Waals surface area contributed by atoms with Gasteiger partial charge in [0.15, 0.2) is 11.6 Å². The fourth-order valence-electron chi connectivity index (χ4n) is 4.38. The van der Waals surface area contributed by atoms with Crippen LogP contribution in [0, 0.1) is 0 Å². The average Bonchev–Trinajstić information content (AvgIpc) is 3.38. The van der Waals surface area contributed by atoms with E-state index < -0.39 is 5.41 Å². The van der Waals surface area contributed by atoms with E-state index in [4.69, 9.17) is 11.5 Å². The van der Waals surface area contributed by atoms with Gasteiger partial charge in [0.05, 0.1) is 12.0 Å². The van der Waals surface area contributed by atoms with Crippen molar-refractivity contribution in [2.45, 2.75) is 24.8 Å². The highest BCUT2D eigenvalue weighted by Gasteiger charge is 2.48. The molecule has 9 heteroatoms. The number of tetrazole rings is 1. The van der Waals surface area contributed by atoms with Crippen LogP contribution < -0.4 is 16.8 Å². The second kappa shape index (κ2) is 7.43. The van der Waals surface area contributed by atoms with Crippen molar-refractivity contribution in [2.24, 2.45) is 11.5 Å². The van der Waals surface area contributed by atoms with Crippen molar-refractivity contribution in [3.05, 3.63) is 64.5 Å². The van der Waals surface area contributed by atoms with Gasteiger partial charge in [-0.25, -0.2) is 0 Å². The van der Waals surface area contributed by atoms with Crippen LogP contribution in [0.15, 0.2) is 36.4 Å². The Morgan fingerprint density at radius 1 is 1.13 bits per heavy atom. The standard InChI is InChI=1S/C21H23N7O2/c1-11(23)9-21(20-25-27-28-26-20)16-5-3-12(18(29)10-22)7-14(16)15-8-13(19(30)24-2)4-6-17(15)21/h3-8,11H,9-10,22-23H2,1-2H3,(H,24,30)(H,25,26,27,28)/t11-,21?/m0/s1. The number of nitrogens with one attached hydrogen (secondary N) is 2. The molecule has 0 saturated carbocycles. The van der Waals surface area contributed by atoms with Gasteiger partial charge in [0.2, 0.25) is 0 Å². The molecule has 6 N–H and O–H groups in total. The van der Waals surface area contributed by atoms with Gasteiger partial charge < -0.3 is 16.8 Å². The molecule has 0 saturated heterocycles. The Morgan fingerprint density at radius 2 is 1.77 bits per heavy atom. The first kappa shape index (κ1) is 19.9. The predicted molar refractivity (Wildman–Crippen MR) is 111 cm³/mol. The number of rotatable bonds is 6. The van der Waals surface area contributed by atoms with Crippen LogP contribution in [-0.2, 0) is 5.41 Å². The minimum Gasteiger partial charge on any atom is -0.355 e. The van der Waals surface area contributed by atoms with Gasteiger partial charge in [0, 0.05) is 24.2 Å². The molecular formula is C21H23N7O2. The number of nitrogens with zero attached hydrogens (tertiary/aromatic N) is 3. The summed E-state index contributed by atoms with van der Waals surface area (Å²) in [5.41, 5.74) is 15.6. The van der Waals surface area contributed by atoms with E-state index in [9.17, 15) is 9.59 Å². The Morgan fingerprint density at radius 3 is 2.30 bits per heavy atom. The molecule has 1 aliphatic carbocycles. The summed E-state index contributed by atoms with van der Waals surface area (Å²) < 4.78 is 0. The molecule has 154 valence electrons. The van der Waals surface area contributed by atoms with Crippen LogP contribution >= 0.6 is 0 Å². The number of hydrogen-bond acceptors (Lipinski definition) is 7. The van der Waals surface area contributed by atoms with Crippen LogP contribution in [0.1, 0.15) is 51.0 Å². The summed E-state index contributed by atoms with van der Waals surface area (Å²) in [6, 6.07) is 10.8. The van der Waals surface area contributed by atoms with Gasteiger partial charge in [-0.2, -0.15) is 5.21 Å². The van der Waals surface area contributed by atoms with Crippen molar-refractivity contribution in [3.8, 4) is 11.1 Å². The first-order valence-corrected chi connectivity index (χ1v) is 9.66. The normalized spacial score (nSPS) is 17.9. The summed E-state index contributed by atoms with van der Waals surface area (Å²) in [6.07, 6.45) is 0.524. The number of benzene rings is 2. The van der Waals surface area contributed by atoms with Gasteiger partial charge in [-0.15, -0.1) is 10.2 Å². The number of H-pyrrole nitrogens is 1. The first-order chi connectivity index (χ1) is 14.4. The molecular weight excluding hydrogens is 382 g/mol. The second-order valence-corrected chi connectivity index (χ2v) is 7.55. The highest BCUT2D eigenvalue weighted by molar-refractivity contribution is 6.01. The quantitative estimate of drug-likeness (QED) is 0.441. The number of nitrogens with two attached hydrogens (primary N) is 2. The van der Waals surface area contributed by atoms with Crippen molar-refractivity contribution in [1.29, 1.82) is 0 Å². The zero-order valence-corrected chi connectivity index (χ0v) is 16.8. The lowest BCUT2D eigenvalue weighted by molar-refractivity contribution is 0.0961. The molecule has 2 aromatic carbocycles. The summed E-state index contributed by atoms with van der Waals surface area (Å²) in [6.45, 7) is 1.84. The van der Waals surface area contributed by atoms with Gasteiger partial charge in [0.1, 0.15) is 0 Å². The number of aromatic nitrogens is 4. The van der Waals surface area contributed by atoms with E-state index in [2.05, 4.69) is 25.9 Å². The first-order valence-electron chi connectivity index (χ1n) is 9.66. The Labute approximate surface area is 173 Å². The lowest BCUT2D eigenvalue weighted by Gasteiger charge is -2.30. The molecule has 0 fully saturated rings. The molecule has 30 heavy (non-hydrogen) atoms. The molecule has 0 bridgehead atoms. The van der Waals surface area contributed by atoms with Crippen LogP contribution in [0.5, 0.6) is 0 Å². The minimum atomic E-state index is -0.753. The number of carbonyl (C=O) groups excluding carboxylic acids is 2. The van der Waals surface area contributed by atoms with E-state index in [0.29, 0.717) is 23.4 Å². The van der Waals surface area contributed by atoms with Gasteiger partial charge >= 0.3 is 0 Å². The highest BCUT2D eigenvalue weighted by Crippen LogP contribution is 2.54. The van der Waals surface area contributed by atoms with Crippen LogP contribution in [0.25, 0.3) is 11.1 Å². The topological polar surface area (TPSA) is 153 Å². The molecule has 1 amide bonds. The summed E-state index contributed by atoms with van der Waals surface area (Å²) in [7, 11) is 1.58. The van der Waals surface area contributed by atoms with Crippen LogP contribution in [-0.4, -0.2) is 51.9 Å². The maximum absolute atomic E-state index is 12.3. The van der Waals surface area contributed by atoms with E-state index in [0.717, 1.165) is 22.3 Å². The van der Waals surface area contributed by atoms with E-state index in [-0.39, 0.29) is 24.3 Å². The third-order valence-electron chi connectivity index (χ3n) is 5.60. The average molecular weight is 405 g/mol. The maximum atomic E-state index is 12.3. The van der Waals surface area contributed by atoms with Crippen LogP contribution in [0.4, 0.5) is 0 Å². The van der Waals surface area contributed by atoms with E-state index in [1.165, 1.54) is 0 Å². The molecule has 0 radical (unpaired) electrons. The summed E-state index contributed by atoms with van der Waals surface area (Å²) in [5, 5.41) is 17.6. The number of hydrogen-bond donors (Lipinski definition) is 4. The molecule has 1 unspecified atom stereocenters. The van der Waals surface area contributed by atoms with Gasteiger partial charge in [-0.3, -0.25) is 9.59 Å². The number of Topliss-reactive ketones (excluding diaryl/α,β-unsaturated/α-hetero) is 1. The third kappa shape index (κ3) is 2.90. The lowest BCUT2D eigenvalue weighted by atomic mass is 9.72. The van der Waals surface area contributed by atoms with Gasteiger partial charge in [-0.05, 0) is 53.8 Å². The number of aromatic amines is 1. The Kier molecular flexibility index (Phi) is 4.92. The fraction of sp³-hybridized carbons (Fsp3) is 0.286. The second-order valence-electron chi connectivity index (χ2n) is 7.55. The molecule has 0 spiro atoms. The van der Waals surface area contributed by atoms with Crippen molar-refractivity contribution in [3.63, 3.8) is 0 Å². The van der Waals surface area contributed by atoms with Crippen molar-refractivity contribution < 1.29 is 9.59 Å². The Balaban J connectivity index is 2.05. The maximum Gasteiger partial charge on any atom is 0.251 e. The highest BCUT2D eigenvalue weighted by atomic mass is 16.1. The Bertz CT molecular complexity index is 1060. The van der Waals surface area contributed by atoms with Crippen LogP contribution in [0.3, 0.4) is 0 Å². The van der Waals surface area contributed by atoms with Crippen LogP contribution in [0.2, 0.25) is 0 Å². The monoisotopic (exact) mass is 405 g/mol. The number of fused-ring (bicyclic) bond motifs is 3. The number of carbonyl (C=O) groups is 2. The van der Waals surface area contributed by atoms with Crippen molar-refractivity contribution in [1.82, 2.24) is 25.9 Å². The molecule has 4 rings (SSSR count). The third-order valence-corrected chi connectivity index (χ3v) is 5.60. The lowest BCUT2D eigenvalue weighted by Crippen LogP contribution is -2.35. The van der Waals surface area contributed by atoms with Gasteiger partial charge in [0.25, 0.3) is 5.91 Å². The molecule has 1 aliphatic rings. The number of ketones is 1. The summed E-state index contributed by atoms with van der Waals surface area (Å²) >= 11 is 0.